The van der Waals surface area contributed by atoms with Gasteiger partial charge < -0.3 is 9.47 Å². The maximum atomic E-state index is 11.5. The van der Waals surface area contributed by atoms with Gasteiger partial charge in [0.2, 0.25) is 0 Å². The highest BCUT2D eigenvalue weighted by atomic mass is 16.6. The molecular formula is C11H14O4. The summed E-state index contributed by atoms with van der Waals surface area (Å²) >= 11 is 0. The fourth-order valence-corrected chi connectivity index (χ4v) is 1.17. The fraction of sp³-hybridized carbons (Fsp3) is 0.455. The van der Waals surface area contributed by atoms with Crippen LogP contribution in [0, 0.1) is 0 Å². The summed E-state index contributed by atoms with van der Waals surface area (Å²) in [7, 11) is 0. The highest BCUT2D eigenvalue weighted by Crippen LogP contribution is 2.17. The fourth-order valence-electron chi connectivity index (χ4n) is 1.17. The van der Waals surface area contributed by atoms with Gasteiger partial charge in [-0.15, -0.1) is 0 Å². The lowest BCUT2D eigenvalue weighted by Gasteiger charge is -2.13. The molecule has 1 aliphatic heterocycles. The Morgan fingerprint density at radius 1 is 1.13 bits per heavy atom. The van der Waals surface area contributed by atoms with Crippen molar-refractivity contribution < 1.29 is 19.1 Å². The van der Waals surface area contributed by atoms with E-state index < -0.39 is 11.9 Å². The average molecular weight is 210 g/mol. The predicted molar refractivity (Wildman–Crippen MR) is 53.5 cm³/mol. The first-order chi connectivity index (χ1) is 7.04. The van der Waals surface area contributed by atoms with Crippen molar-refractivity contribution in [3.05, 3.63) is 23.2 Å². The standard InChI is InChI=1S/C11H14O4/c1-4-5-9-6-10(12)14-7(2)8(3)15-11(9)13/h6H,4-5H2,1-3H3/b8-7-,9-6-. The summed E-state index contributed by atoms with van der Waals surface area (Å²) in [6.07, 6.45) is 2.48. The molecule has 0 aromatic rings. The molecule has 1 rings (SSSR count). The molecule has 0 fully saturated rings. The zero-order valence-corrected chi connectivity index (χ0v) is 9.12. The average Bonchev–Trinajstić information content (AvgIpc) is 2.15. The van der Waals surface area contributed by atoms with Gasteiger partial charge in [0, 0.05) is 11.6 Å². The van der Waals surface area contributed by atoms with E-state index in [2.05, 4.69) is 0 Å². The number of hydrogen-bond donors (Lipinski definition) is 0. The van der Waals surface area contributed by atoms with Crippen molar-refractivity contribution in [3.8, 4) is 0 Å². The minimum absolute atomic E-state index is 0.320. The maximum absolute atomic E-state index is 11.5. The van der Waals surface area contributed by atoms with Crippen molar-refractivity contribution in [2.45, 2.75) is 33.6 Å². The van der Waals surface area contributed by atoms with Crippen molar-refractivity contribution in [2.24, 2.45) is 0 Å². The van der Waals surface area contributed by atoms with Crippen LogP contribution in [-0.4, -0.2) is 11.9 Å². The Morgan fingerprint density at radius 2 is 1.73 bits per heavy atom. The minimum atomic E-state index is -0.521. The second-order valence-electron chi connectivity index (χ2n) is 3.34. The van der Waals surface area contributed by atoms with Crippen molar-refractivity contribution >= 4 is 11.9 Å². The zero-order chi connectivity index (χ0) is 11.4. The van der Waals surface area contributed by atoms with Crippen LogP contribution in [0.1, 0.15) is 33.6 Å². The smallest absolute Gasteiger partial charge is 0.339 e. The molecule has 0 spiro atoms. The van der Waals surface area contributed by atoms with E-state index in [1.165, 1.54) is 6.08 Å². The summed E-state index contributed by atoms with van der Waals surface area (Å²) in [4.78, 5) is 22.8. The van der Waals surface area contributed by atoms with Crippen molar-refractivity contribution in [1.82, 2.24) is 0 Å². The van der Waals surface area contributed by atoms with Crippen LogP contribution in [-0.2, 0) is 19.1 Å². The topological polar surface area (TPSA) is 52.6 Å². The van der Waals surface area contributed by atoms with E-state index in [0.29, 0.717) is 23.5 Å². The van der Waals surface area contributed by atoms with Gasteiger partial charge in [-0.1, -0.05) is 13.3 Å². The van der Waals surface area contributed by atoms with E-state index >= 15 is 0 Å². The highest BCUT2D eigenvalue weighted by molar-refractivity contribution is 5.97. The Kier molecular flexibility index (Phi) is 3.66. The highest BCUT2D eigenvalue weighted by Gasteiger charge is 2.18. The summed E-state index contributed by atoms with van der Waals surface area (Å²) < 4.78 is 9.93. The van der Waals surface area contributed by atoms with E-state index in [0.717, 1.165) is 6.42 Å². The van der Waals surface area contributed by atoms with Gasteiger partial charge in [-0.2, -0.15) is 0 Å². The monoisotopic (exact) mass is 210 g/mol. The van der Waals surface area contributed by atoms with Gasteiger partial charge in [0.1, 0.15) is 11.5 Å². The molecule has 0 saturated heterocycles. The first-order valence-electron chi connectivity index (χ1n) is 4.86. The Balaban J connectivity index is 2.96. The van der Waals surface area contributed by atoms with Gasteiger partial charge in [0.15, 0.2) is 0 Å². The van der Waals surface area contributed by atoms with Crippen LogP contribution in [0.2, 0.25) is 0 Å². The minimum Gasteiger partial charge on any atom is -0.425 e. The summed E-state index contributed by atoms with van der Waals surface area (Å²) in [5.41, 5.74) is 0.356. The van der Waals surface area contributed by atoms with Crippen molar-refractivity contribution in [3.63, 3.8) is 0 Å². The number of ether oxygens (including phenoxy) is 2. The predicted octanol–water partition coefficient (Wildman–Crippen LogP) is 2.06. The van der Waals surface area contributed by atoms with Gasteiger partial charge >= 0.3 is 11.9 Å². The lowest BCUT2D eigenvalue weighted by Crippen LogP contribution is -2.14. The third-order valence-electron chi connectivity index (χ3n) is 2.07. The van der Waals surface area contributed by atoms with Crippen LogP contribution in [0.5, 0.6) is 0 Å². The number of allylic oxidation sites excluding steroid dienone is 2. The third kappa shape index (κ3) is 2.94. The normalized spacial score (nSPS) is 25.9. The van der Waals surface area contributed by atoms with E-state index in [1.54, 1.807) is 13.8 Å². The Labute approximate surface area is 88.6 Å². The van der Waals surface area contributed by atoms with Crippen LogP contribution in [0.25, 0.3) is 0 Å². The number of rotatable bonds is 2. The molecule has 0 bridgehead atoms. The summed E-state index contributed by atoms with van der Waals surface area (Å²) in [5.74, 6) is -0.340. The van der Waals surface area contributed by atoms with Crippen LogP contribution < -0.4 is 0 Å². The van der Waals surface area contributed by atoms with Crippen LogP contribution in [0.15, 0.2) is 23.2 Å². The molecular weight excluding hydrogens is 196 g/mol. The number of cyclic esters (lactones) is 2. The first kappa shape index (κ1) is 11.5. The van der Waals surface area contributed by atoms with Crippen LogP contribution in [0.4, 0.5) is 0 Å². The number of carbonyl (C=O) groups excluding carboxylic acids is 2. The molecule has 4 heteroatoms. The molecule has 0 aromatic carbocycles. The summed E-state index contributed by atoms with van der Waals surface area (Å²) in [6, 6.07) is 0. The molecule has 15 heavy (non-hydrogen) atoms. The van der Waals surface area contributed by atoms with Crippen molar-refractivity contribution in [2.75, 3.05) is 0 Å². The largest absolute Gasteiger partial charge is 0.425 e. The molecule has 0 atom stereocenters. The van der Waals surface area contributed by atoms with Gasteiger partial charge in [-0.25, -0.2) is 9.59 Å². The van der Waals surface area contributed by atoms with E-state index in [9.17, 15) is 9.59 Å². The van der Waals surface area contributed by atoms with Gasteiger partial charge in [0.05, 0.1) is 0 Å². The summed E-state index contributed by atoms with van der Waals surface area (Å²) in [5, 5.41) is 0. The zero-order valence-electron chi connectivity index (χ0n) is 9.12. The second kappa shape index (κ2) is 4.77. The molecule has 82 valence electrons. The van der Waals surface area contributed by atoms with E-state index in [-0.39, 0.29) is 0 Å². The van der Waals surface area contributed by atoms with Gasteiger partial charge in [-0.05, 0) is 20.3 Å². The van der Waals surface area contributed by atoms with E-state index in [4.69, 9.17) is 9.47 Å². The number of carbonyl (C=O) groups is 2. The molecule has 4 nitrogen and oxygen atoms in total. The van der Waals surface area contributed by atoms with Gasteiger partial charge in [-0.3, -0.25) is 0 Å². The van der Waals surface area contributed by atoms with Crippen molar-refractivity contribution in [1.29, 1.82) is 0 Å². The molecule has 0 saturated carbocycles. The second-order valence-corrected chi connectivity index (χ2v) is 3.34. The van der Waals surface area contributed by atoms with Crippen LogP contribution in [0.3, 0.4) is 0 Å². The quantitative estimate of drug-likeness (QED) is 0.654. The third-order valence-corrected chi connectivity index (χ3v) is 2.07. The lowest BCUT2D eigenvalue weighted by molar-refractivity contribution is -0.140. The maximum Gasteiger partial charge on any atom is 0.339 e. The Bertz CT molecular complexity index is 350. The first-order valence-corrected chi connectivity index (χ1v) is 4.86. The SMILES string of the molecule is CCC/C1=C/C(=O)O/C(C)=C(/C)OC1=O. The molecule has 0 aliphatic carbocycles. The Hall–Kier alpha value is -1.58. The lowest BCUT2D eigenvalue weighted by atomic mass is 10.1. The van der Waals surface area contributed by atoms with E-state index in [1.807, 2.05) is 6.92 Å². The number of hydrogen-bond acceptors (Lipinski definition) is 4. The Morgan fingerprint density at radius 3 is 2.33 bits per heavy atom. The molecule has 0 amide bonds. The molecule has 0 N–H and O–H groups in total. The molecule has 0 unspecified atom stereocenters. The molecule has 1 heterocycles. The molecule has 1 aliphatic rings. The summed E-state index contributed by atoms with van der Waals surface area (Å²) in [6.45, 7) is 5.10. The van der Waals surface area contributed by atoms with Crippen LogP contribution >= 0.6 is 0 Å². The number of esters is 2. The molecule has 0 radical (unpaired) electrons. The van der Waals surface area contributed by atoms with Gasteiger partial charge in [0.25, 0.3) is 0 Å². The molecule has 0 aromatic heterocycles.